The zero-order chi connectivity index (χ0) is 20.2. The third-order valence-corrected chi connectivity index (χ3v) is 3.81. The van der Waals surface area contributed by atoms with Crippen molar-refractivity contribution in [1.29, 1.82) is 0 Å². The molecule has 0 aliphatic rings. The average Bonchev–Trinajstić information content (AvgIpc) is 2.61. The SMILES string of the molecule is COc1ccc(C=CC(=O)O)cc1CC=C(CCC=C(C)C)COC(C)=O. The van der Waals surface area contributed by atoms with Gasteiger partial charge in [-0.25, -0.2) is 4.79 Å². The monoisotopic (exact) mass is 372 g/mol. The molecule has 0 unspecified atom stereocenters. The second kappa shape index (κ2) is 11.7. The molecule has 5 nitrogen and oxygen atoms in total. The molecule has 1 aromatic rings. The number of rotatable bonds is 10. The Kier molecular flexibility index (Phi) is 9.65. The Morgan fingerprint density at radius 2 is 1.89 bits per heavy atom. The van der Waals surface area contributed by atoms with Gasteiger partial charge in [-0.1, -0.05) is 23.8 Å². The number of benzene rings is 1. The van der Waals surface area contributed by atoms with Gasteiger partial charge in [-0.2, -0.15) is 0 Å². The molecule has 0 bridgehead atoms. The highest BCUT2D eigenvalue weighted by Crippen LogP contribution is 2.22. The molecule has 5 heteroatoms. The third kappa shape index (κ3) is 9.45. The van der Waals surface area contributed by atoms with E-state index in [9.17, 15) is 9.59 Å². The molecule has 0 atom stereocenters. The van der Waals surface area contributed by atoms with E-state index >= 15 is 0 Å². The van der Waals surface area contributed by atoms with Gasteiger partial charge in [0.25, 0.3) is 0 Å². The number of carbonyl (C=O) groups is 2. The summed E-state index contributed by atoms with van der Waals surface area (Å²) in [4.78, 5) is 21.8. The maximum absolute atomic E-state index is 11.1. The molecule has 0 amide bonds. The van der Waals surface area contributed by atoms with Gasteiger partial charge in [0.2, 0.25) is 0 Å². The van der Waals surface area contributed by atoms with E-state index in [1.165, 1.54) is 12.5 Å². The van der Waals surface area contributed by atoms with Gasteiger partial charge < -0.3 is 14.6 Å². The highest BCUT2D eigenvalue weighted by atomic mass is 16.5. The first-order valence-corrected chi connectivity index (χ1v) is 8.84. The molecular formula is C22H28O5. The third-order valence-electron chi connectivity index (χ3n) is 3.81. The quantitative estimate of drug-likeness (QED) is 0.370. The molecule has 27 heavy (non-hydrogen) atoms. The van der Waals surface area contributed by atoms with Crippen molar-refractivity contribution in [2.24, 2.45) is 0 Å². The number of carbonyl (C=O) groups excluding carboxylic acids is 1. The predicted octanol–water partition coefficient (Wildman–Crippen LogP) is 4.57. The van der Waals surface area contributed by atoms with Crippen LogP contribution in [0.1, 0.15) is 44.7 Å². The summed E-state index contributed by atoms with van der Waals surface area (Å²) in [5, 5.41) is 8.78. The van der Waals surface area contributed by atoms with Crippen LogP contribution >= 0.6 is 0 Å². The molecule has 0 aromatic heterocycles. The van der Waals surface area contributed by atoms with Gasteiger partial charge >= 0.3 is 11.9 Å². The van der Waals surface area contributed by atoms with Crippen molar-refractivity contribution in [1.82, 2.24) is 0 Å². The molecule has 0 spiro atoms. The van der Waals surface area contributed by atoms with Gasteiger partial charge in [-0.05, 0) is 68.0 Å². The summed E-state index contributed by atoms with van der Waals surface area (Å²) in [6.07, 6.45) is 9.14. The fourth-order valence-electron chi connectivity index (χ4n) is 2.46. The van der Waals surface area contributed by atoms with Crippen LogP contribution in [0.5, 0.6) is 5.75 Å². The van der Waals surface area contributed by atoms with Crippen LogP contribution in [0.15, 0.2) is 47.6 Å². The Hall–Kier alpha value is -2.82. The van der Waals surface area contributed by atoms with Crippen LogP contribution in [0.4, 0.5) is 0 Å². The Labute approximate surface area is 161 Å². The summed E-state index contributed by atoms with van der Waals surface area (Å²) < 4.78 is 10.6. The van der Waals surface area contributed by atoms with Crippen LogP contribution in [0.25, 0.3) is 6.08 Å². The molecule has 1 rings (SSSR count). The highest BCUT2D eigenvalue weighted by Gasteiger charge is 2.05. The zero-order valence-electron chi connectivity index (χ0n) is 16.5. The normalized spacial score (nSPS) is 11.3. The lowest BCUT2D eigenvalue weighted by atomic mass is 10.0. The van der Waals surface area contributed by atoms with Gasteiger partial charge in [-0.3, -0.25) is 4.79 Å². The van der Waals surface area contributed by atoms with Crippen LogP contribution in [-0.2, 0) is 20.7 Å². The number of carboxylic acids is 1. The van der Waals surface area contributed by atoms with Crippen LogP contribution in [-0.4, -0.2) is 30.8 Å². The van der Waals surface area contributed by atoms with E-state index < -0.39 is 5.97 Å². The molecular weight excluding hydrogens is 344 g/mol. The standard InChI is InChI=1S/C22H28O5/c1-16(2)6-5-7-19(15-27-17(3)23)8-11-20-14-18(10-13-22(24)25)9-12-21(20)26-4/h6,8-10,12-14H,5,7,11,15H2,1-4H3,(H,24,25). The largest absolute Gasteiger partial charge is 0.496 e. The van der Waals surface area contributed by atoms with Gasteiger partial charge in [0.15, 0.2) is 0 Å². The van der Waals surface area contributed by atoms with E-state index in [2.05, 4.69) is 19.9 Å². The smallest absolute Gasteiger partial charge is 0.328 e. The number of hydrogen-bond donors (Lipinski definition) is 1. The molecule has 1 aromatic carbocycles. The van der Waals surface area contributed by atoms with Crippen molar-refractivity contribution in [2.45, 2.75) is 40.0 Å². The van der Waals surface area contributed by atoms with Crippen LogP contribution in [0.2, 0.25) is 0 Å². The van der Waals surface area contributed by atoms with Gasteiger partial charge in [-0.15, -0.1) is 0 Å². The number of aliphatic carboxylic acids is 1. The van der Waals surface area contributed by atoms with Crippen LogP contribution in [0, 0.1) is 0 Å². The van der Waals surface area contributed by atoms with E-state index in [1.807, 2.05) is 18.2 Å². The molecule has 0 saturated carbocycles. The Morgan fingerprint density at radius 3 is 2.48 bits per heavy atom. The zero-order valence-corrected chi connectivity index (χ0v) is 16.5. The molecule has 0 fully saturated rings. The summed E-state index contributed by atoms with van der Waals surface area (Å²) in [5.41, 5.74) is 4.01. The van der Waals surface area contributed by atoms with E-state index in [1.54, 1.807) is 19.3 Å². The minimum atomic E-state index is -0.991. The van der Waals surface area contributed by atoms with Crippen LogP contribution in [0.3, 0.4) is 0 Å². The van der Waals surface area contributed by atoms with Crippen LogP contribution < -0.4 is 4.74 Å². The summed E-state index contributed by atoms with van der Waals surface area (Å²) in [7, 11) is 1.60. The highest BCUT2D eigenvalue weighted by molar-refractivity contribution is 5.85. The molecule has 0 saturated heterocycles. The fourth-order valence-corrected chi connectivity index (χ4v) is 2.46. The van der Waals surface area contributed by atoms with E-state index in [-0.39, 0.29) is 12.6 Å². The Bertz CT molecular complexity index is 737. The second-order valence-corrected chi connectivity index (χ2v) is 6.41. The Balaban J connectivity index is 2.99. The number of hydrogen-bond acceptors (Lipinski definition) is 4. The van der Waals surface area contributed by atoms with E-state index in [4.69, 9.17) is 14.6 Å². The van der Waals surface area contributed by atoms with E-state index in [0.717, 1.165) is 41.4 Å². The summed E-state index contributed by atoms with van der Waals surface area (Å²) in [5.74, 6) is -0.563. The first kappa shape index (κ1) is 22.2. The topological polar surface area (TPSA) is 72.8 Å². The molecule has 0 aliphatic heterocycles. The maximum atomic E-state index is 11.1. The second-order valence-electron chi connectivity index (χ2n) is 6.41. The maximum Gasteiger partial charge on any atom is 0.328 e. The molecule has 0 heterocycles. The lowest BCUT2D eigenvalue weighted by Gasteiger charge is -2.10. The molecule has 0 aliphatic carbocycles. The van der Waals surface area contributed by atoms with Crippen molar-refractivity contribution >= 4 is 18.0 Å². The average molecular weight is 372 g/mol. The lowest BCUT2D eigenvalue weighted by molar-refractivity contribution is -0.140. The van der Waals surface area contributed by atoms with Crippen molar-refractivity contribution in [3.05, 3.63) is 58.7 Å². The first-order valence-electron chi connectivity index (χ1n) is 8.84. The van der Waals surface area contributed by atoms with Crippen molar-refractivity contribution in [2.75, 3.05) is 13.7 Å². The van der Waals surface area contributed by atoms with Crippen molar-refractivity contribution in [3.8, 4) is 5.75 Å². The van der Waals surface area contributed by atoms with Crippen molar-refractivity contribution in [3.63, 3.8) is 0 Å². The number of esters is 1. The summed E-state index contributed by atoms with van der Waals surface area (Å²) >= 11 is 0. The number of methoxy groups -OCH3 is 1. The molecule has 146 valence electrons. The summed E-state index contributed by atoms with van der Waals surface area (Å²) in [6, 6.07) is 5.52. The van der Waals surface area contributed by atoms with Crippen molar-refractivity contribution < 1.29 is 24.2 Å². The number of carboxylic acid groups (broad SMARTS) is 1. The number of allylic oxidation sites excluding steroid dienone is 3. The fraction of sp³-hybridized carbons (Fsp3) is 0.364. The summed E-state index contributed by atoms with van der Waals surface area (Å²) in [6.45, 7) is 5.77. The minimum Gasteiger partial charge on any atom is -0.496 e. The predicted molar refractivity (Wildman–Crippen MR) is 107 cm³/mol. The Morgan fingerprint density at radius 1 is 1.15 bits per heavy atom. The van der Waals surface area contributed by atoms with Gasteiger partial charge in [0, 0.05) is 13.0 Å². The number of ether oxygens (including phenoxy) is 2. The molecule has 0 radical (unpaired) electrons. The first-order chi connectivity index (χ1) is 12.8. The lowest BCUT2D eigenvalue weighted by Crippen LogP contribution is -2.04. The minimum absolute atomic E-state index is 0.271. The van der Waals surface area contributed by atoms with Gasteiger partial charge in [0.05, 0.1) is 7.11 Å². The molecule has 1 N–H and O–H groups in total. The van der Waals surface area contributed by atoms with Gasteiger partial charge in [0.1, 0.15) is 12.4 Å². The van der Waals surface area contributed by atoms with E-state index in [0.29, 0.717) is 6.42 Å².